The standard InChI is InChI=1S/C21H26FNO3/c1-4-15-11-19(8-6-16(15)7-9-21(24)25-5-2)26-20-12-17(14(3)23)10-18(22)13-20/h6,8,10-14H,4-5,7,9,23H2,1-3H3/t14-/m1/s1. The second-order valence-corrected chi connectivity index (χ2v) is 6.20. The molecule has 5 heteroatoms. The Bertz CT molecular complexity index is 759. The lowest BCUT2D eigenvalue weighted by atomic mass is 10.0. The molecule has 140 valence electrons. The highest BCUT2D eigenvalue weighted by Gasteiger charge is 2.10. The molecule has 2 aromatic rings. The largest absolute Gasteiger partial charge is 0.466 e. The maximum Gasteiger partial charge on any atom is 0.306 e. The summed E-state index contributed by atoms with van der Waals surface area (Å²) >= 11 is 0. The van der Waals surface area contributed by atoms with E-state index in [9.17, 15) is 9.18 Å². The maximum atomic E-state index is 13.8. The van der Waals surface area contributed by atoms with E-state index in [-0.39, 0.29) is 17.8 Å². The average Bonchev–Trinajstić information content (AvgIpc) is 2.60. The van der Waals surface area contributed by atoms with E-state index in [1.807, 2.05) is 25.1 Å². The first kappa shape index (κ1) is 19.9. The highest BCUT2D eigenvalue weighted by atomic mass is 19.1. The Morgan fingerprint density at radius 2 is 1.88 bits per heavy atom. The van der Waals surface area contributed by atoms with Crippen molar-refractivity contribution in [3.8, 4) is 11.5 Å². The lowest BCUT2D eigenvalue weighted by Gasteiger charge is -2.13. The lowest BCUT2D eigenvalue weighted by molar-refractivity contribution is -0.143. The van der Waals surface area contributed by atoms with Crippen molar-refractivity contribution in [1.82, 2.24) is 0 Å². The predicted octanol–water partition coefficient (Wildman–Crippen LogP) is 4.70. The Kier molecular flexibility index (Phi) is 7.16. The molecule has 0 amide bonds. The highest BCUT2D eigenvalue weighted by molar-refractivity contribution is 5.69. The second kappa shape index (κ2) is 9.34. The van der Waals surface area contributed by atoms with E-state index in [2.05, 4.69) is 0 Å². The Balaban J connectivity index is 2.15. The molecule has 0 aliphatic rings. The number of aryl methyl sites for hydroxylation is 2. The monoisotopic (exact) mass is 359 g/mol. The van der Waals surface area contributed by atoms with Crippen molar-refractivity contribution in [3.05, 3.63) is 58.9 Å². The molecule has 0 saturated heterocycles. The van der Waals surface area contributed by atoms with Crippen molar-refractivity contribution >= 4 is 5.97 Å². The molecule has 0 aliphatic heterocycles. The van der Waals surface area contributed by atoms with Gasteiger partial charge in [-0.2, -0.15) is 0 Å². The van der Waals surface area contributed by atoms with E-state index < -0.39 is 0 Å². The second-order valence-electron chi connectivity index (χ2n) is 6.20. The van der Waals surface area contributed by atoms with Crippen LogP contribution in [0, 0.1) is 5.82 Å². The highest BCUT2D eigenvalue weighted by Crippen LogP contribution is 2.28. The summed E-state index contributed by atoms with van der Waals surface area (Å²) in [6.07, 6.45) is 1.78. The van der Waals surface area contributed by atoms with Crippen molar-refractivity contribution < 1.29 is 18.7 Å². The zero-order valence-electron chi connectivity index (χ0n) is 15.5. The Morgan fingerprint density at radius 1 is 1.12 bits per heavy atom. The first-order chi connectivity index (χ1) is 12.4. The molecule has 0 fully saturated rings. The van der Waals surface area contributed by atoms with Gasteiger partial charge in [0.1, 0.15) is 17.3 Å². The quantitative estimate of drug-likeness (QED) is 0.694. The molecule has 0 aromatic heterocycles. The fourth-order valence-corrected chi connectivity index (χ4v) is 2.75. The number of nitrogens with two attached hydrogens (primary N) is 1. The number of halogens is 1. The molecular weight excluding hydrogens is 333 g/mol. The number of carbonyl (C=O) groups is 1. The number of hydrogen-bond donors (Lipinski definition) is 1. The van der Waals surface area contributed by atoms with Gasteiger partial charge in [0, 0.05) is 18.5 Å². The number of carbonyl (C=O) groups excluding carboxylic acids is 1. The zero-order chi connectivity index (χ0) is 19.1. The molecule has 0 saturated carbocycles. The predicted molar refractivity (Wildman–Crippen MR) is 99.9 cm³/mol. The Hall–Kier alpha value is -2.40. The summed E-state index contributed by atoms with van der Waals surface area (Å²) < 4.78 is 24.6. The van der Waals surface area contributed by atoms with Crippen molar-refractivity contribution in [2.45, 2.75) is 46.1 Å². The molecule has 0 aliphatic carbocycles. The molecule has 0 unspecified atom stereocenters. The third-order valence-electron chi connectivity index (χ3n) is 4.12. The van der Waals surface area contributed by atoms with Gasteiger partial charge in [-0.15, -0.1) is 0 Å². The molecular formula is C21H26FNO3. The van der Waals surface area contributed by atoms with E-state index in [1.54, 1.807) is 19.9 Å². The first-order valence-electron chi connectivity index (χ1n) is 8.94. The molecule has 1 atom stereocenters. The van der Waals surface area contributed by atoms with Crippen LogP contribution in [-0.2, 0) is 22.4 Å². The molecule has 4 nitrogen and oxygen atoms in total. The Morgan fingerprint density at radius 3 is 2.54 bits per heavy atom. The van der Waals surface area contributed by atoms with E-state index in [4.69, 9.17) is 15.2 Å². The van der Waals surface area contributed by atoms with Gasteiger partial charge in [0.15, 0.2) is 0 Å². The molecule has 2 N–H and O–H groups in total. The summed E-state index contributed by atoms with van der Waals surface area (Å²) in [4.78, 5) is 11.6. The SMILES string of the molecule is CCOC(=O)CCc1ccc(Oc2cc(F)cc([C@@H](C)N)c2)cc1CC. The minimum Gasteiger partial charge on any atom is -0.466 e. The van der Waals surface area contributed by atoms with E-state index in [1.165, 1.54) is 12.1 Å². The summed E-state index contributed by atoms with van der Waals surface area (Å²) in [6.45, 7) is 6.03. The smallest absolute Gasteiger partial charge is 0.306 e. The first-order valence-corrected chi connectivity index (χ1v) is 8.94. The fourth-order valence-electron chi connectivity index (χ4n) is 2.75. The third-order valence-corrected chi connectivity index (χ3v) is 4.12. The number of benzene rings is 2. The number of rotatable bonds is 8. The summed E-state index contributed by atoms with van der Waals surface area (Å²) in [5, 5.41) is 0. The summed E-state index contributed by atoms with van der Waals surface area (Å²) in [7, 11) is 0. The van der Waals surface area contributed by atoms with Gasteiger partial charge in [-0.3, -0.25) is 4.79 Å². The van der Waals surface area contributed by atoms with Crippen molar-refractivity contribution in [1.29, 1.82) is 0 Å². The molecule has 26 heavy (non-hydrogen) atoms. The average molecular weight is 359 g/mol. The van der Waals surface area contributed by atoms with Crippen LogP contribution in [0.3, 0.4) is 0 Å². The van der Waals surface area contributed by atoms with Crippen LogP contribution in [0.25, 0.3) is 0 Å². The summed E-state index contributed by atoms with van der Waals surface area (Å²) in [6, 6.07) is 9.92. The lowest BCUT2D eigenvalue weighted by Crippen LogP contribution is -2.06. The van der Waals surface area contributed by atoms with Crippen LogP contribution in [0.4, 0.5) is 4.39 Å². The van der Waals surface area contributed by atoms with Gasteiger partial charge in [0.2, 0.25) is 0 Å². The van der Waals surface area contributed by atoms with Crippen LogP contribution in [0.15, 0.2) is 36.4 Å². The molecule has 0 spiro atoms. The van der Waals surface area contributed by atoms with Gasteiger partial charge in [-0.05, 0) is 67.6 Å². The zero-order valence-corrected chi connectivity index (χ0v) is 15.5. The topological polar surface area (TPSA) is 61.5 Å². The molecule has 2 aromatic carbocycles. The van der Waals surface area contributed by atoms with Gasteiger partial charge < -0.3 is 15.2 Å². The van der Waals surface area contributed by atoms with Gasteiger partial charge in [-0.1, -0.05) is 13.0 Å². The van der Waals surface area contributed by atoms with Crippen molar-refractivity contribution in [2.24, 2.45) is 5.73 Å². The van der Waals surface area contributed by atoms with Gasteiger partial charge >= 0.3 is 5.97 Å². The minimum atomic E-state index is -0.378. The fraction of sp³-hybridized carbons (Fsp3) is 0.381. The van der Waals surface area contributed by atoms with Crippen LogP contribution < -0.4 is 10.5 Å². The third kappa shape index (κ3) is 5.56. The van der Waals surface area contributed by atoms with Crippen LogP contribution in [-0.4, -0.2) is 12.6 Å². The molecule has 0 bridgehead atoms. The summed E-state index contributed by atoms with van der Waals surface area (Å²) in [5.41, 5.74) is 8.69. The van der Waals surface area contributed by atoms with Gasteiger partial charge in [0.25, 0.3) is 0 Å². The van der Waals surface area contributed by atoms with Crippen LogP contribution >= 0.6 is 0 Å². The van der Waals surface area contributed by atoms with Crippen molar-refractivity contribution in [3.63, 3.8) is 0 Å². The van der Waals surface area contributed by atoms with Gasteiger partial charge in [-0.25, -0.2) is 4.39 Å². The van der Waals surface area contributed by atoms with Crippen LogP contribution in [0.5, 0.6) is 11.5 Å². The van der Waals surface area contributed by atoms with Crippen LogP contribution in [0.2, 0.25) is 0 Å². The van der Waals surface area contributed by atoms with E-state index >= 15 is 0 Å². The van der Waals surface area contributed by atoms with E-state index in [0.29, 0.717) is 36.5 Å². The minimum absolute atomic E-state index is 0.196. The number of ether oxygens (including phenoxy) is 2. The number of hydrogen-bond acceptors (Lipinski definition) is 4. The maximum absolute atomic E-state index is 13.8. The van der Waals surface area contributed by atoms with Gasteiger partial charge in [0.05, 0.1) is 6.61 Å². The summed E-state index contributed by atoms with van der Waals surface area (Å²) in [5.74, 6) is 0.469. The van der Waals surface area contributed by atoms with E-state index in [0.717, 1.165) is 17.5 Å². The number of esters is 1. The molecule has 0 heterocycles. The molecule has 0 radical (unpaired) electrons. The van der Waals surface area contributed by atoms with Crippen LogP contribution in [0.1, 0.15) is 49.9 Å². The molecule has 2 rings (SSSR count). The normalized spacial score (nSPS) is 11.9. The van der Waals surface area contributed by atoms with Crippen molar-refractivity contribution in [2.75, 3.05) is 6.61 Å². The Labute approximate surface area is 154 Å².